The molecule has 0 spiro atoms. The van der Waals surface area contributed by atoms with E-state index in [-0.39, 0.29) is 53.2 Å². The fourth-order valence-corrected chi connectivity index (χ4v) is 7.40. The number of hydrogen-bond acceptors (Lipinski definition) is 14. The summed E-state index contributed by atoms with van der Waals surface area (Å²) in [6, 6.07) is -0.940. The minimum Gasteiger partial charge on any atom is -0.476 e. The molecule has 1 saturated heterocycles. The average Bonchev–Trinajstić information content (AvgIpc) is 3.42. The molecule has 44 heavy (non-hydrogen) atoms. The smallest absolute Gasteiger partial charge is 0.323 e. The van der Waals surface area contributed by atoms with Gasteiger partial charge in [0.25, 0.3) is 11.8 Å². The number of esters is 1. The van der Waals surface area contributed by atoms with Gasteiger partial charge in [-0.1, -0.05) is 44.1 Å². The number of carbonyl (C=O) groups excluding carboxylic acids is 2. The molecule has 0 aromatic carbocycles. The van der Waals surface area contributed by atoms with Crippen molar-refractivity contribution in [3.8, 4) is 5.88 Å². The molecule has 4 N–H and O–H groups in total. The normalized spacial score (nSPS) is 24.4. The van der Waals surface area contributed by atoms with Gasteiger partial charge in [-0.05, 0) is 39.5 Å². The number of aliphatic hydroxyl groups excluding tert-OH is 1. The van der Waals surface area contributed by atoms with Crippen LogP contribution in [-0.2, 0) is 39.9 Å². The minimum absolute atomic E-state index is 0.00765. The molecule has 0 radical (unpaired) electrons. The second kappa shape index (κ2) is 14.8. The van der Waals surface area contributed by atoms with Gasteiger partial charge in [0.15, 0.2) is 22.5 Å². The number of fused-ring (bicyclic) bond motifs is 1. The summed E-state index contributed by atoms with van der Waals surface area (Å²) in [6.45, 7) is 8.33. The van der Waals surface area contributed by atoms with Crippen LogP contribution in [0.3, 0.4) is 0 Å². The van der Waals surface area contributed by atoms with Crippen LogP contribution in [0.15, 0.2) is 6.33 Å². The molecule has 0 bridgehead atoms. The van der Waals surface area contributed by atoms with E-state index in [4.69, 9.17) is 52.4 Å². The summed E-state index contributed by atoms with van der Waals surface area (Å²) in [6.07, 6.45) is -4.02. The first kappa shape index (κ1) is 36.8. The highest BCUT2D eigenvalue weighted by molar-refractivity contribution is 8.13. The van der Waals surface area contributed by atoms with Crippen LogP contribution < -0.4 is 15.6 Å². The number of nitrogens with two attached hydrogens (primary N) is 1. The van der Waals surface area contributed by atoms with Crippen LogP contribution in [-0.4, -0.2) is 90.8 Å². The topological polar surface area (TPSA) is 182 Å². The number of thioether (sulfide) groups is 1. The SMILES string of the molecule is CCOc1nc(N)nc2c1ncn2[C@@H]1O[C@H](COP(=S)(N[C@H](C)C(=O)OC(C)C)OCCSC(=O)C(C)(C)C)[C@@H](O)[C@]1(F)Cl. The summed E-state index contributed by atoms with van der Waals surface area (Å²) in [4.78, 5) is 37.1. The first-order chi connectivity index (χ1) is 20.4. The third-order valence-corrected chi connectivity index (χ3v) is 10.3. The Balaban J connectivity index is 1.78. The van der Waals surface area contributed by atoms with Crippen LogP contribution in [0.1, 0.15) is 54.7 Å². The summed E-state index contributed by atoms with van der Waals surface area (Å²) < 4.78 is 45.3. The minimum atomic E-state index is -3.51. The number of aliphatic hydroxyl groups is 1. The van der Waals surface area contributed by atoms with Crippen LogP contribution in [0.2, 0.25) is 0 Å². The molecular weight excluding hydrogens is 662 g/mol. The number of nitrogens with one attached hydrogen (secondary N) is 1. The van der Waals surface area contributed by atoms with Gasteiger partial charge in [-0.25, -0.2) is 14.5 Å². The molecular formula is C25H39ClFN6O8PS2. The number of halogens is 2. The van der Waals surface area contributed by atoms with E-state index in [9.17, 15) is 14.7 Å². The second-order valence-electron chi connectivity index (χ2n) is 11.1. The van der Waals surface area contributed by atoms with Crippen molar-refractivity contribution < 1.29 is 42.3 Å². The van der Waals surface area contributed by atoms with Crippen LogP contribution in [0, 0.1) is 5.41 Å². The molecule has 248 valence electrons. The van der Waals surface area contributed by atoms with Gasteiger partial charge in [-0.2, -0.15) is 9.97 Å². The number of nitrogen functional groups attached to an aromatic ring is 1. The monoisotopic (exact) mass is 700 g/mol. The zero-order valence-electron chi connectivity index (χ0n) is 25.5. The van der Waals surface area contributed by atoms with Crippen molar-refractivity contribution in [1.29, 1.82) is 0 Å². The van der Waals surface area contributed by atoms with Crippen LogP contribution in [0.4, 0.5) is 10.3 Å². The van der Waals surface area contributed by atoms with Gasteiger partial charge in [0.05, 0.1) is 32.3 Å². The van der Waals surface area contributed by atoms with E-state index in [1.54, 1.807) is 41.5 Å². The summed E-state index contributed by atoms with van der Waals surface area (Å²) in [7, 11) is 0. The van der Waals surface area contributed by atoms with E-state index in [0.29, 0.717) is 0 Å². The summed E-state index contributed by atoms with van der Waals surface area (Å²) in [5.74, 6) is -0.412. The average molecular weight is 701 g/mol. The summed E-state index contributed by atoms with van der Waals surface area (Å²) in [5, 5.41) is 10.8. The number of alkyl halides is 2. The van der Waals surface area contributed by atoms with E-state index >= 15 is 4.39 Å². The Hall–Kier alpha value is -1.69. The van der Waals surface area contributed by atoms with E-state index < -0.39 is 54.2 Å². The number of nitrogens with zero attached hydrogens (tertiary/aromatic N) is 4. The van der Waals surface area contributed by atoms with Crippen molar-refractivity contribution in [2.24, 2.45) is 5.41 Å². The van der Waals surface area contributed by atoms with Gasteiger partial charge >= 0.3 is 5.97 Å². The maximum atomic E-state index is 15.9. The lowest BCUT2D eigenvalue weighted by atomic mass is 10.00. The first-order valence-corrected chi connectivity index (χ1v) is 17.8. The van der Waals surface area contributed by atoms with Gasteiger partial charge in [0, 0.05) is 11.2 Å². The predicted molar refractivity (Wildman–Crippen MR) is 167 cm³/mol. The molecule has 1 unspecified atom stereocenters. The molecule has 3 rings (SSSR count). The van der Waals surface area contributed by atoms with Crippen molar-refractivity contribution in [2.75, 3.05) is 31.3 Å². The van der Waals surface area contributed by atoms with Gasteiger partial charge in [0.2, 0.25) is 11.8 Å². The second-order valence-corrected chi connectivity index (χ2v) is 16.0. The molecule has 2 aromatic rings. The van der Waals surface area contributed by atoms with E-state index in [0.717, 1.165) is 11.8 Å². The van der Waals surface area contributed by atoms with Crippen LogP contribution in [0.25, 0.3) is 11.2 Å². The molecule has 3 heterocycles. The van der Waals surface area contributed by atoms with E-state index in [1.807, 2.05) is 0 Å². The largest absolute Gasteiger partial charge is 0.476 e. The lowest BCUT2D eigenvalue weighted by Gasteiger charge is -2.28. The third kappa shape index (κ3) is 8.97. The van der Waals surface area contributed by atoms with Crippen molar-refractivity contribution in [3.05, 3.63) is 6.33 Å². The molecule has 0 aliphatic carbocycles. The fourth-order valence-electron chi connectivity index (χ4n) is 3.84. The molecule has 0 amide bonds. The van der Waals surface area contributed by atoms with E-state index in [2.05, 4.69) is 20.0 Å². The zero-order chi connectivity index (χ0) is 33.0. The maximum absolute atomic E-state index is 15.9. The maximum Gasteiger partial charge on any atom is 0.323 e. The lowest BCUT2D eigenvalue weighted by molar-refractivity contribution is -0.149. The van der Waals surface area contributed by atoms with Gasteiger partial charge in [-0.3, -0.25) is 14.2 Å². The zero-order valence-corrected chi connectivity index (χ0v) is 28.8. The molecule has 1 fully saturated rings. The van der Waals surface area contributed by atoms with Gasteiger partial charge in [-0.15, -0.1) is 0 Å². The fraction of sp³-hybridized carbons (Fsp3) is 0.720. The lowest BCUT2D eigenvalue weighted by Crippen LogP contribution is -2.39. The van der Waals surface area contributed by atoms with Crippen molar-refractivity contribution in [1.82, 2.24) is 24.6 Å². The molecule has 1 aliphatic rings. The number of imidazole rings is 1. The summed E-state index contributed by atoms with van der Waals surface area (Å²) in [5.41, 5.74) is 5.51. The molecule has 14 nitrogen and oxygen atoms in total. The Kier molecular flexibility index (Phi) is 12.4. The molecule has 19 heteroatoms. The number of aromatic nitrogens is 4. The molecule has 2 aromatic heterocycles. The number of hydrogen-bond donors (Lipinski definition) is 3. The highest BCUT2D eigenvalue weighted by Gasteiger charge is 2.58. The predicted octanol–water partition coefficient (Wildman–Crippen LogP) is 3.46. The summed E-state index contributed by atoms with van der Waals surface area (Å²) >= 11 is 12.9. The Labute approximate surface area is 269 Å². The van der Waals surface area contributed by atoms with Crippen molar-refractivity contribution in [2.45, 2.75) is 84.2 Å². The highest BCUT2D eigenvalue weighted by atomic mass is 35.5. The molecule has 0 saturated carbocycles. The Morgan fingerprint density at radius 2 is 2.02 bits per heavy atom. The number of anilines is 1. The third-order valence-electron chi connectivity index (χ3n) is 5.98. The van der Waals surface area contributed by atoms with Crippen LogP contribution >= 0.6 is 30.0 Å². The number of ether oxygens (including phenoxy) is 3. The van der Waals surface area contributed by atoms with Crippen molar-refractivity contribution >= 4 is 70.0 Å². The van der Waals surface area contributed by atoms with Gasteiger partial charge in [0.1, 0.15) is 18.2 Å². The molecule has 1 aliphatic heterocycles. The van der Waals surface area contributed by atoms with E-state index in [1.165, 1.54) is 17.8 Å². The first-order valence-electron chi connectivity index (χ1n) is 13.8. The highest BCUT2D eigenvalue weighted by Crippen LogP contribution is 2.49. The standard InChI is InChI=1S/C25H39ClFN6O8PS2/c1-8-37-19-16-18(30-23(28)31-19)33(12-29-16)21-25(26,27)17(34)15(41-21)11-39-42(43,32-14(4)20(35)40-13(2)3)38-9-10-44-22(36)24(5,6)7/h12-15,17,21,34H,8-11H2,1-7H3,(H,32,43)(H2,28,30,31)/t14-,15-,17-,21-,25-,42?/m1/s1. The Morgan fingerprint density at radius 1 is 1.34 bits per heavy atom. The number of carbonyl (C=O) groups is 2. The quantitative estimate of drug-likeness (QED) is 0.113. The van der Waals surface area contributed by atoms with Crippen LogP contribution in [0.5, 0.6) is 5.88 Å². The van der Waals surface area contributed by atoms with Crippen molar-refractivity contribution in [3.63, 3.8) is 0 Å². The number of rotatable bonds is 14. The Bertz CT molecular complexity index is 1380. The molecule has 6 atom stereocenters. The Morgan fingerprint density at radius 3 is 2.64 bits per heavy atom. The van der Waals surface area contributed by atoms with Gasteiger partial charge < -0.3 is 34.1 Å².